The highest BCUT2D eigenvalue weighted by Gasteiger charge is 2.20. The number of sulfonamides is 1. The van der Waals surface area contributed by atoms with E-state index in [4.69, 9.17) is 10.00 Å². The van der Waals surface area contributed by atoms with Crippen LogP contribution in [-0.2, 0) is 19.6 Å². The molecule has 0 atom stereocenters. The lowest BCUT2D eigenvalue weighted by Gasteiger charge is -2.22. The fourth-order valence-electron chi connectivity index (χ4n) is 3.02. The average molecular weight is 444 g/mol. The summed E-state index contributed by atoms with van der Waals surface area (Å²) in [6.07, 6.45) is 0.122. The second-order valence-electron chi connectivity index (χ2n) is 6.90. The van der Waals surface area contributed by atoms with E-state index in [2.05, 4.69) is 4.72 Å². The predicted molar refractivity (Wildman–Crippen MR) is 116 cm³/mol. The summed E-state index contributed by atoms with van der Waals surface area (Å²) >= 11 is 0. The van der Waals surface area contributed by atoms with Gasteiger partial charge >= 0.3 is 5.97 Å². The van der Waals surface area contributed by atoms with Crippen molar-refractivity contribution in [2.75, 3.05) is 24.6 Å². The number of aryl methyl sites for hydroxylation is 2. The van der Waals surface area contributed by atoms with Crippen LogP contribution in [0.3, 0.4) is 0 Å². The molecule has 0 fully saturated rings. The van der Waals surface area contributed by atoms with E-state index in [0.717, 1.165) is 11.1 Å². The standard InChI is InChI=1S/C22H25N3O5S/c1-4-24-31(28,29)20-8-5-7-18(14-20)22(27)30-15-21(26)25(10-6-9-23)19-12-16(2)11-17(3)13-19/h5,7-8,11-14,24H,4,6,10,15H2,1-3H3. The van der Waals surface area contributed by atoms with Crippen LogP contribution in [0.4, 0.5) is 5.69 Å². The van der Waals surface area contributed by atoms with Gasteiger partial charge in [-0.2, -0.15) is 5.26 Å². The average Bonchev–Trinajstić information content (AvgIpc) is 2.71. The van der Waals surface area contributed by atoms with Crippen LogP contribution in [-0.4, -0.2) is 40.0 Å². The molecule has 0 aliphatic rings. The van der Waals surface area contributed by atoms with Crippen LogP contribution >= 0.6 is 0 Å². The van der Waals surface area contributed by atoms with Crippen LogP contribution in [0.5, 0.6) is 0 Å². The Morgan fingerprint density at radius 2 is 1.81 bits per heavy atom. The molecule has 2 aromatic carbocycles. The minimum absolute atomic E-state index is 0.0155. The first-order valence-corrected chi connectivity index (χ1v) is 11.2. The number of anilines is 1. The highest BCUT2D eigenvalue weighted by molar-refractivity contribution is 7.89. The van der Waals surface area contributed by atoms with Gasteiger partial charge in [-0.05, 0) is 55.3 Å². The maximum Gasteiger partial charge on any atom is 0.338 e. The second kappa shape index (κ2) is 10.7. The van der Waals surface area contributed by atoms with Gasteiger partial charge < -0.3 is 9.64 Å². The first-order chi connectivity index (χ1) is 14.7. The zero-order valence-corrected chi connectivity index (χ0v) is 18.5. The van der Waals surface area contributed by atoms with Gasteiger partial charge in [0.05, 0.1) is 22.9 Å². The first-order valence-electron chi connectivity index (χ1n) is 9.70. The van der Waals surface area contributed by atoms with E-state index in [0.29, 0.717) is 5.69 Å². The summed E-state index contributed by atoms with van der Waals surface area (Å²) in [5, 5.41) is 8.92. The molecule has 0 saturated heterocycles. The number of hydrogen-bond acceptors (Lipinski definition) is 6. The number of carbonyl (C=O) groups is 2. The molecule has 0 bridgehead atoms. The van der Waals surface area contributed by atoms with Gasteiger partial charge in [-0.25, -0.2) is 17.9 Å². The highest BCUT2D eigenvalue weighted by Crippen LogP contribution is 2.20. The Morgan fingerprint density at radius 3 is 2.42 bits per heavy atom. The smallest absolute Gasteiger partial charge is 0.338 e. The molecule has 0 unspecified atom stereocenters. The largest absolute Gasteiger partial charge is 0.452 e. The number of rotatable bonds is 9. The van der Waals surface area contributed by atoms with Gasteiger partial charge in [-0.3, -0.25) is 4.79 Å². The summed E-state index contributed by atoms with van der Waals surface area (Å²) in [5.74, 6) is -1.30. The third-order valence-corrected chi connectivity index (χ3v) is 5.85. The Morgan fingerprint density at radius 1 is 1.13 bits per heavy atom. The molecule has 9 heteroatoms. The molecule has 0 aliphatic heterocycles. The van der Waals surface area contributed by atoms with Crippen LogP contribution in [0.1, 0.15) is 34.8 Å². The second-order valence-corrected chi connectivity index (χ2v) is 8.67. The van der Waals surface area contributed by atoms with Crippen LogP contribution in [0.15, 0.2) is 47.4 Å². The summed E-state index contributed by atoms with van der Waals surface area (Å²) in [6.45, 7) is 5.28. The van der Waals surface area contributed by atoms with Crippen LogP contribution in [0, 0.1) is 25.2 Å². The number of ether oxygens (including phenoxy) is 1. The van der Waals surface area contributed by atoms with Gasteiger partial charge in [0.25, 0.3) is 5.91 Å². The number of amides is 1. The molecule has 164 valence electrons. The molecule has 0 aliphatic carbocycles. The molecule has 0 aromatic heterocycles. The van der Waals surface area contributed by atoms with E-state index in [1.807, 2.05) is 38.1 Å². The lowest BCUT2D eigenvalue weighted by molar-refractivity contribution is -0.121. The molecular weight excluding hydrogens is 418 g/mol. The Kier molecular flexibility index (Phi) is 8.30. The van der Waals surface area contributed by atoms with Crippen molar-refractivity contribution >= 4 is 27.6 Å². The topological polar surface area (TPSA) is 117 Å². The molecule has 1 N–H and O–H groups in total. The molecule has 0 spiro atoms. The van der Waals surface area contributed by atoms with E-state index in [1.54, 1.807) is 6.92 Å². The number of carbonyl (C=O) groups excluding carboxylic acids is 2. The number of nitrogens with zero attached hydrogens (tertiary/aromatic N) is 2. The Bertz CT molecular complexity index is 1090. The Labute approximate surface area is 182 Å². The number of nitrogens with one attached hydrogen (secondary N) is 1. The zero-order chi connectivity index (χ0) is 23.0. The number of benzene rings is 2. The minimum Gasteiger partial charge on any atom is -0.452 e. The lowest BCUT2D eigenvalue weighted by Crippen LogP contribution is -2.35. The molecule has 0 saturated carbocycles. The van der Waals surface area contributed by atoms with Crippen LogP contribution in [0.2, 0.25) is 0 Å². The van der Waals surface area contributed by atoms with Crippen LogP contribution in [0.25, 0.3) is 0 Å². The fourth-order valence-corrected chi connectivity index (χ4v) is 4.10. The van der Waals surface area contributed by atoms with Crippen molar-refractivity contribution < 1.29 is 22.7 Å². The van der Waals surface area contributed by atoms with Gasteiger partial charge in [-0.15, -0.1) is 0 Å². The molecule has 1 amide bonds. The number of esters is 1. The van der Waals surface area contributed by atoms with E-state index in [9.17, 15) is 18.0 Å². The van der Waals surface area contributed by atoms with Gasteiger partial charge in [0.15, 0.2) is 6.61 Å². The van der Waals surface area contributed by atoms with E-state index in [1.165, 1.54) is 29.2 Å². The monoisotopic (exact) mass is 443 g/mol. The van der Waals surface area contributed by atoms with Crippen molar-refractivity contribution in [3.05, 3.63) is 59.2 Å². The molecule has 31 heavy (non-hydrogen) atoms. The van der Waals surface area contributed by atoms with Crippen molar-refractivity contribution in [1.82, 2.24) is 4.72 Å². The molecule has 0 radical (unpaired) electrons. The highest BCUT2D eigenvalue weighted by atomic mass is 32.2. The Balaban J connectivity index is 2.15. The maximum atomic E-state index is 12.8. The van der Waals surface area contributed by atoms with E-state index < -0.39 is 28.5 Å². The van der Waals surface area contributed by atoms with E-state index in [-0.39, 0.29) is 30.0 Å². The predicted octanol–water partition coefficient (Wildman–Crippen LogP) is 2.71. The number of hydrogen-bond donors (Lipinski definition) is 1. The normalized spacial score (nSPS) is 10.9. The fraction of sp³-hybridized carbons (Fsp3) is 0.318. The zero-order valence-electron chi connectivity index (χ0n) is 17.7. The third kappa shape index (κ3) is 6.64. The number of nitriles is 1. The molecule has 8 nitrogen and oxygen atoms in total. The van der Waals surface area contributed by atoms with Gasteiger partial charge in [-0.1, -0.05) is 19.1 Å². The maximum absolute atomic E-state index is 12.8. The van der Waals surface area contributed by atoms with Gasteiger partial charge in [0, 0.05) is 18.8 Å². The minimum atomic E-state index is -3.73. The quantitative estimate of drug-likeness (QED) is 0.596. The summed E-state index contributed by atoms with van der Waals surface area (Å²) in [7, 11) is -3.73. The third-order valence-electron chi connectivity index (χ3n) is 4.31. The molecule has 0 heterocycles. The lowest BCUT2D eigenvalue weighted by atomic mass is 10.1. The van der Waals surface area contributed by atoms with Crippen molar-refractivity contribution in [3.8, 4) is 6.07 Å². The van der Waals surface area contributed by atoms with Crippen molar-refractivity contribution in [2.45, 2.75) is 32.1 Å². The van der Waals surface area contributed by atoms with Crippen molar-refractivity contribution in [1.29, 1.82) is 5.26 Å². The van der Waals surface area contributed by atoms with E-state index >= 15 is 0 Å². The SMILES string of the molecule is CCNS(=O)(=O)c1cccc(C(=O)OCC(=O)N(CCC#N)c2cc(C)cc(C)c2)c1. The summed E-state index contributed by atoms with van der Waals surface area (Å²) < 4.78 is 31.7. The molecular formula is C22H25N3O5S. The van der Waals surface area contributed by atoms with Gasteiger partial charge in [0.1, 0.15) is 0 Å². The summed E-state index contributed by atoms with van der Waals surface area (Å²) in [4.78, 5) is 26.5. The molecule has 2 aromatic rings. The molecule has 2 rings (SSSR count). The Hall–Kier alpha value is -3.22. The van der Waals surface area contributed by atoms with Crippen molar-refractivity contribution in [3.63, 3.8) is 0 Å². The summed E-state index contributed by atoms with van der Waals surface area (Å²) in [5.41, 5.74) is 2.55. The summed E-state index contributed by atoms with van der Waals surface area (Å²) in [6, 6.07) is 13.0. The van der Waals surface area contributed by atoms with Crippen molar-refractivity contribution in [2.24, 2.45) is 0 Å². The first kappa shape index (κ1) is 24.1. The van der Waals surface area contributed by atoms with Crippen LogP contribution < -0.4 is 9.62 Å². The van der Waals surface area contributed by atoms with Gasteiger partial charge in [0.2, 0.25) is 10.0 Å².